The Morgan fingerprint density at radius 3 is 2.61 bits per heavy atom. The van der Waals surface area contributed by atoms with Gasteiger partial charge in [-0.05, 0) is 87.8 Å². The molecular formula is C22H27ClN4S. The summed E-state index contributed by atoms with van der Waals surface area (Å²) in [6, 6.07) is 10.1. The highest BCUT2D eigenvalue weighted by molar-refractivity contribution is 7.80. The summed E-state index contributed by atoms with van der Waals surface area (Å²) < 4.78 is 0. The van der Waals surface area contributed by atoms with Crippen LogP contribution in [0.2, 0.25) is 5.02 Å². The zero-order valence-corrected chi connectivity index (χ0v) is 18.4. The van der Waals surface area contributed by atoms with E-state index in [9.17, 15) is 0 Å². The van der Waals surface area contributed by atoms with Crippen LogP contribution >= 0.6 is 23.8 Å². The van der Waals surface area contributed by atoms with Crippen LogP contribution in [0.4, 0.5) is 0 Å². The van der Waals surface area contributed by atoms with Gasteiger partial charge in [-0.2, -0.15) is 0 Å². The predicted molar refractivity (Wildman–Crippen MR) is 122 cm³/mol. The molecule has 2 N–H and O–H groups in total. The quantitative estimate of drug-likeness (QED) is 0.560. The minimum absolute atomic E-state index is 0.0855. The number of aromatic nitrogens is 2. The van der Waals surface area contributed by atoms with Crippen molar-refractivity contribution in [3.63, 3.8) is 0 Å². The van der Waals surface area contributed by atoms with Crippen LogP contribution in [-0.2, 0) is 13.0 Å². The van der Waals surface area contributed by atoms with Crippen molar-refractivity contribution in [2.24, 2.45) is 0 Å². The number of rotatable bonds is 5. The minimum Gasteiger partial charge on any atom is -0.358 e. The molecule has 0 unspecified atom stereocenters. The monoisotopic (exact) mass is 414 g/mol. The first kappa shape index (κ1) is 20.6. The fourth-order valence-corrected chi connectivity index (χ4v) is 3.92. The molecule has 0 fully saturated rings. The van der Waals surface area contributed by atoms with Crippen molar-refractivity contribution < 1.29 is 0 Å². The molecule has 28 heavy (non-hydrogen) atoms. The number of H-pyrrole nitrogens is 1. The number of nitrogens with one attached hydrogen (secondary N) is 2. The Kier molecular flexibility index (Phi) is 6.26. The van der Waals surface area contributed by atoms with E-state index in [0.29, 0.717) is 0 Å². The number of fused-ring (bicyclic) bond motifs is 1. The molecule has 6 heteroatoms. The predicted octanol–water partition coefficient (Wildman–Crippen LogP) is 5.24. The van der Waals surface area contributed by atoms with Crippen molar-refractivity contribution in [3.05, 3.63) is 64.6 Å². The maximum atomic E-state index is 6.23. The number of aromatic amines is 1. The van der Waals surface area contributed by atoms with E-state index in [1.165, 1.54) is 22.2 Å². The van der Waals surface area contributed by atoms with Crippen molar-refractivity contribution in [1.29, 1.82) is 0 Å². The summed E-state index contributed by atoms with van der Waals surface area (Å²) in [7, 11) is 0. The van der Waals surface area contributed by atoms with Gasteiger partial charge >= 0.3 is 0 Å². The number of aryl methyl sites for hydroxylation is 1. The van der Waals surface area contributed by atoms with Crippen molar-refractivity contribution in [1.82, 2.24) is 20.2 Å². The lowest BCUT2D eigenvalue weighted by Gasteiger charge is -2.31. The molecule has 3 aromatic rings. The second-order valence-electron chi connectivity index (χ2n) is 8.13. The Morgan fingerprint density at radius 1 is 1.21 bits per heavy atom. The van der Waals surface area contributed by atoms with E-state index in [1.54, 1.807) is 0 Å². The molecule has 0 amide bonds. The number of halogens is 1. The third kappa shape index (κ3) is 5.24. The van der Waals surface area contributed by atoms with Crippen molar-refractivity contribution in [2.45, 2.75) is 46.2 Å². The lowest BCUT2D eigenvalue weighted by atomic mass is 10.1. The van der Waals surface area contributed by atoms with Crippen molar-refractivity contribution >= 4 is 39.8 Å². The summed E-state index contributed by atoms with van der Waals surface area (Å²) in [6.45, 7) is 10.0. The Morgan fingerprint density at radius 2 is 1.93 bits per heavy atom. The molecule has 1 aromatic carbocycles. The molecule has 0 spiro atoms. The Bertz CT molecular complexity index is 960. The van der Waals surface area contributed by atoms with Crippen LogP contribution in [0, 0.1) is 6.92 Å². The Hall–Kier alpha value is -2.11. The van der Waals surface area contributed by atoms with Gasteiger partial charge < -0.3 is 15.2 Å². The van der Waals surface area contributed by atoms with Gasteiger partial charge in [0.2, 0.25) is 0 Å². The highest BCUT2D eigenvalue weighted by Gasteiger charge is 2.18. The summed E-state index contributed by atoms with van der Waals surface area (Å²) in [4.78, 5) is 9.80. The zero-order valence-electron chi connectivity index (χ0n) is 16.8. The van der Waals surface area contributed by atoms with E-state index >= 15 is 0 Å². The van der Waals surface area contributed by atoms with E-state index in [0.717, 1.165) is 35.2 Å². The number of thiocarbonyl (C=S) groups is 1. The van der Waals surface area contributed by atoms with Crippen LogP contribution in [0.3, 0.4) is 0 Å². The topological polar surface area (TPSA) is 44.0 Å². The van der Waals surface area contributed by atoms with E-state index in [4.69, 9.17) is 23.8 Å². The van der Waals surface area contributed by atoms with Gasteiger partial charge in [0, 0.05) is 52.6 Å². The van der Waals surface area contributed by atoms with Crippen molar-refractivity contribution in [2.75, 3.05) is 6.54 Å². The summed E-state index contributed by atoms with van der Waals surface area (Å²) in [5.74, 6) is 0. The molecule has 0 atom stereocenters. The molecule has 0 aliphatic heterocycles. The van der Waals surface area contributed by atoms with Crippen LogP contribution in [0.5, 0.6) is 0 Å². The van der Waals surface area contributed by atoms with Gasteiger partial charge in [-0.1, -0.05) is 11.6 Å². The van der Waals surface area contributed by atoms with Gasteiger partial charge in [-0.3, -0.25) is 4.98 Å². The molecule has 4 nitrogen and oxygen atoms in total. The van der Waals surface area contributed by atoms with Crippen LogP contribution in [0.25, 0.3) is 10.9 Å². The molecule has 2 aromatic heterocycles. The summed E-state index contributed by atoms with van der Waals surface area (Å²) >= 11 is 12.0. The van der Waals surface area contributed by atoms with Crippen LogP contribution in [0.1, 0.15) is 37.6 Å². The largest absolute Gasteiger partial charge is 0.358 e. The first-order chi connectivity index (χ1) is 13.2. The van der Waals surface area contributed by atoms with Gasteiger partial charge in [0.05, 0.1) is 0 Å². The fourth-order valence-electron chi connectivity index (χ4n) is 3.28. The first-order valence-corrected chi connectivity index (χ1v) is 10.2. The molecule has 0 radical (unpaired) electrons. The number of benzene rings is 1. The summed E-state index contributed by atoms with van der Waals surface area (Å²) in [5, 5.41) is 6.15. The van der Waals surface area contributed by atoms with E-state index < -0.39 is 0 Å². The zero-order chi connectivity index (χ0) is 20.3. The van der Waals surface area contributed by atoms with Gasteiger partial charge in [0.25, 0.3) is 0 Å². The SMILES string of the molecule is Cc1[nH]c2ccc(Cl)cc2c1CCN(Cc1ccncc1)C(=S)NC(C)(C)C. The van der Waals surface area contributed by atoms with Gasteiger partial charge in [-0.25, -0.2) is 0 Å². The molecule has 0 aliphatic carbocycles. The molecule has 0 saturated carbocycles. The first-order valence-electron chi connectivity index (χ1n) is 9.45. The average Bonchev–Trinajstić information content (AvgIpc) is 2.92. The van der Waals surface area contributed by atoms with Crippen LogP contribution in [-0.4, -0.2) is 32.1 Å². The second kappa shape index (κ2) is 8.50. The maximum Gasteiger partial charge on any atom is 0.169 e. The minimum atomic E-state index is -0.0855. The average molecular weight is 415 g/mol. The lowest BCUT2D eigenvalue weighted by Crippen LogP contribution is -2.48. The molecular weight excluding hydrogens is 388 g/mol. The third-order valence-electron chi connectivity index (χ3n) is 4.61. The van der Waals surface area contributed by atoms with Gasteiger partial charge in [-0.15, -0.1) is 0 Å². The number of nitrogens with zero attached hydrogens (tertiary/aromatic N) is 2. The highest BCUT2D eigenvalue weighted by Crippen LogP contribution is 2.26. The van der Waals surface area contributed by atoms with Gasteiger partial charge in [0.1, 0.15) is 0 Å². The molecule has 2 heterocycles. The Balaban J connectivity index is 1.82. The Labute approximate surface area is 177 Å². The fraction of sp³-hybridized carbons (Fsp3) is 0.364. The second-order valence-corrected chi connectivity index (χ2v) is 8.95. The number of hydrogen-bond donors (Lipinski definition) is 2. The highest BCUT2D eigenvalue weighted by atomic mass is 35.5. The molecule has 148 valence electrons. The number of hydrogen-bond acceptors (Lipinski definition) is 2. The molecule has 3 rings (SSSR count). The maximum absolute atomic E-state index is 6.23. The van der Waals surface area contributed by atoms with E-state index in [-0.39, 0.29) is 5.54 Å². The van der Waals surface area contributed by atoms with Crippen LogP contribution in [0.15, 0.2) is 42.7 Å². The third-order valence-corrected chi connectivity index (χ3v) is 5.20. The summed E-state index contributed by atoms with van der Waals surface area (Å²) in [6.07, 6.45) is 4.52. The normalized spacial score (nSPS) is 11.6. The smallest absolute Gasteiger partial charge is 0.169 e. The molecule has 0 aliphatic rings. The van der Waals surface area contributed by atoms with Crippen LogP contribution < -0.4 is 5.32 Å². The number of pyridine rings is 1. The molecule has 0 saturated heterocycles. The van der Waals surface area contributed by atoms with Gasteiger partial charge in [0.15, 0.2) is 5.11 Å². The molecule has 0 bridgehead atoms. The lowest BCUT2D eigenvalue weighted by molar-refractivity contribution is 0.385. The van der Waals surface area contributed by atoms with E-state index in [2.05, 4.69) is 47.9 Å². The van der Waals surface area contributed by atoms with E-state index in [1.807, 2.05) is 42.7 Å². The summed E-state index contributed by atoms with van der Waals surface area (Å²) in [5.41, 5.74) is 4.68. The van der Waals surface area contributed by atoms with Crippen molar-refractivity contribution in [3.8, 4) is 0 Å². The standard InChI is InChI=1S/C22H27ClN4S/c1-15-18(19-13-17(23)5-6-20(19)25-15)9-12-27(21(28)26-22(2,3)4)14-16-7-10-24-11-8-16/h5-8,10-11,13,25H,9,12,14H2,1-4H3,(H,26,28).